The normalized spacial score (nSPS) is 18.7. The third-order valence-corrected chi connectivity index (χ3v) is 6.61. The van der Waals surface area contributed by atoms with E-state index in [0.29, 0.717) is 45.7 Å². The van der Waals surface area contributed by atoms with Crippen LogP contribution in [0.1, 0.15) is 30.0 Å². The molecular formula is C27H32FN3O3. The highest BCUT2D eigenvalue weighted by Crippen LogP contribution is 2.23. The first kappa shape index (κ1) is 24.1. The molecule has 2 aromatic rings. The fourth-order valence-corrected chi connectivity index (χ4v) is 4.57. The van der Waals surface area contributed by atoms with E-state index in [1.165, 1.54) is 12.1 Å². The predicted molar refractivity (Wildman–Crippen MR) is 129 cm³/mol. The van der Waals surface area contributed by atoms with Gasteiger partial charge in [-0.1, -0.05) is 42.5 Å². The van der Waals surface area contributed by atoms with Crippen LogP contribution in [0, 0.1) is 11.7 Å². The summed E-state index contributed by atoms with van der Waals surface area (Å²) in [6.07, 6.45) is 4.72. The van der Waals surface area contributed by atoms with Crippen molar-refractivity contribution < 1.29 is 18.7 Å². The maximum atomic E-state index is 13.4. The molecule has 2 heterocycles. The van der Waals surface area contributed by atoms with E-state index in [1.54, 1.807) is 23.1 Å². The summed E-state index contributed by atoms with van der Waals surface area (Å²) in [5, 5.41) is 3.12. The fourth-order valence-electron chi connectivity index (χ4n) is 4.57. The summed E-state index contributed by atoms with van der Waals surface area (Å²) in [6.45, 7) is 4.45. The highest BCUT2D eigenvalue weighted by Gasteiger charge is 2.28. The highest BCUT2D eigenvalue weighted by molar-refractivity contribution is 5.92. The third kappa shape index (κ3) is 6.52. The molecule has 0 spiro atoms. The van der Waals surface area contributed by atoms with Crippen LogP contribution in [0.5, 0.6) is 0 Å². The Labute approximate surface area is 200 Å². The Bertz CT molecular complexity index is 966. The molecule has 6 nitrogen and oxygen atoms in total. The molecule has 2 aliphatic heterocycles. The lowest BCUT2D eigenvalue weighted by molar-refractivity contribution is -0.132. The summed E-state index contributed by atoms with van der Waals surface area (Å²) in [4.78, 5) is 29.5. The largest absolute Gasteiger partial charge is 0.379 e. The number of hydrogen-bond donors (Lipinski definition) is 1. The summed E-state index contributed by atoms with van der Waals surface area (Å²) in [6, 6.07) is 16.2. The predicted octanol–water partition coefficient (Wildman–Crippen LogP) is 3.27. The van der Waals surface area contributed by atoms with Gasteiger partial charge in [0.05, 0.1) is 19.3 Å². The lowest BCUT2D eigenvalue weighted by Crippen LogP contribution is -2.46. The van der Waals surface area contributed by atoms with Crippen molar-refractivity contribution in [3.63, 3.8) is 0 Å². The first-order valence-corrected chi connectivity index (χ1v) is 12.0. The van der Waals surface area contributed by atoms with E-state index >= 15 is 0 Å². The van der Waals surface area contributed by atoms with Gasteiger partial charge in [-0.3, -0.25) is 14.5 Å². The van der Waals surface area contributed by atoms with Gasteiger partial charge in [0.25, 0.3) is 0 Å². The summed E-state index contributed by atoms with van der Waals surface area (Å²) in [5.74, 6) is -0.382. The molecule has 1 N–H and O–H groups in total. The highest BCUT2D eigenvalue weighted by atomic mass is 19.1. The van der Waals surface area contributed by atoms with Crippen LogP contribution >= 0.6 is 0 Å². The number of benzene rings is 2. The summed E-state index contributed by atoms with van der Waals surface area (Å²) < 4.78 is 18.9. The number of morpholine rings is 1. The number of carbonyl (C=O) groups excluding carboxylic acids is 2. The average Bonchev–Trinajstić information content (AvgIpc) is 2.89. The maximum Gasteiger partial charge on any atom is 0.246 e. The van der Waals surface area contributed by atoms with Gasteiger partial charge in [-0.05, 0) is 42.2 Å². The Morgan fingerprint density at radius 2 is 1.68 bits per heavy atom. The second kappa shape index (κ2) is 11.9. The van der Waals surface area contributed by atoms with Crippen molar-refractivity contribution in [2.45, 2.75) is 18.9 Å². The van der Waals surface area contributed by atoms with Gasteiger partial charge in [0, 0.05) is 44.7 Å². The molecule has 1 unspecified atom stereocenters. The van der Waals surface area contributed by atoms with Crippen molar-refractivity contribution in [2.75, 3.05) is 45.9 Å². The minimum atomic E-state index is -0.270. The van der Waals surface area contributed by atoms with Crippen LogP contribution in [0.15, 0.2) is 60.7 Å². The molecule has 2 amide bonds. The van der Waals surface area contributed by atoms with E-state index < -0.39 is 0 Å². The number of rotatable bonds is 7. The molecule has 7 heteroatoms. The van der Waals surface area contributed by atoms with Crippen LogP contribution in [0.25, 0.3) is 6.08 Å². The lowest BCUT2D eigenvalue weighted by atomic mass is 9.95. The smallest absolute Gasteiger partial charge is 0.246 e. The Morgan fingerprint density at radius 3 is 2.35 bits per heavy atom. The monoisotopic (exact) mass is 465 g/mol. The van der Waals surface area contributed by atoms with E-state index in [0.717, 1.165) is 24.2 Å². The molecule has 0 saturated carbocycles. The van der Waals surface area contributed by atoms with Gasteiger partial charge in [-0.25, -0.2) is 4.39 Å². The van der Waals surface area contributed by atoms with E-state index in [2.05, 4.69) is 10.2 Å². The van der Waals surface area contributed by atoms with Gasteiger partial charge in [-0.2, -0.15) is 0 Å². The number of likely N-dealkylation sites (tertiary alicyclic amines) is 1. The van der Waals surface area contributed by atoms with Crippen molar-refractivity contribution in [2.24, 2.45) is 5.92 Å². The van der Waals surface area contributed by atoms with Crippen molar-refractivity contribution in [3.05, 3.63) is 77.6 Å². The summed E-state index contributed by atoms with van der Waals surface area (Å²) >= 11 is 0. The minimum absolute atomic E-state index is 0.0206. The molecule has 2 aromatic carbocycles. The SMILES string of the molecule is O=C(NCC(c1ccc(F)cc1)N1CCOCC1)C1CCN(C(=O)/C=C/c2ccccc2)CC1. The molecule has 34 heavy (non-hydrogen) atoms. The number of carbonyl (C=O) groups is 2. The van der Waals surface area contributed by atoms with Gasteiger partial charge < -0.3 is 15.0 Å². The van der Waals surface area contributed by atoms with Crippen molar-refractivity contribution in [1.82, 2.24) is 15.1 Å². The Kier molecular flexibility index (Phi) is 8.44. The summed E-state index contributed by atoms with van der Waals surface area (Å²) in [5.41, 5.74) is 1.97. The molecule has 0 aliphatic carbocycles. The number of nitrogens with zero attached hydrogens (tertiary/aromatic N) is 2. The molecule has 0 bridgehead atoms. The van der Waals surface area contributed by atoms with E-state index in [1.807, 2.05) is 36.4 Å². The van der Waals surface area contributed by atoms with Crippen LogP contribution < -0.4 is 5.32 Å². The second-order valence-corrected chi connectivity index (χ2v) is 8.80. The van der Waals surface area contributed by atoms with Crippen molar-refractivity contribution in [3.8, 4) is 0 Å². The first-order chi connectivity index (χ1) is 16.6. The molecule has 180 valence electrons. The molecule has 2 saturated heterocycles. The molecule has 0 radical (unpaired) electrons. The van der Waals surface area contributed by atoms with E-state index in [4.69, 9.17) is 4.74 Å². The van der Waals surface area contributed by atoms with Crippen LogP contribution in [0.4, 0.5) is 4.39 Å². The number of ether oxygens (including phenoxy) is 1. The molecule has 2 aliphatic rings. The van der Waals surface area contributed by atoms with Crippen LogP contribution in [-0.4, -0.2) is 67.6 Å². The average molecular weight is 466 g/mol. The second-order valence-electron chi connectivity index (χ2n) is 8.80. The van der Waals surface area contributed by atoms with Crippen molar-refractivity contribution in [1.29, 1.82) is 0 Å². The van der Waals surface area contributed by atoms with Gasteiger partial charge in [0.1, 0.15) is 5.82 Å². The first-order valence-electron chi connectivity index (χ1n) is 12.0. The van der Waals surface area contributed by atoms with Crippen molar-refractivity contribution >= 4 is 17.9 Å². The Balaban J connectivity index is 1.28. The topological polar surface area (TPSA) is 61.9 Å². The third-order valence-electron chi connectivity index (χ3n) is 6.61. The van der Waals surface area contributed by atoms with Gasteiger partial charge in [0.2, 0.25) is 11.8 Å². The van der Waals surface area contributed by atoms with Crippen LogP contribution in [0.3, 0.4) is 0 Å². The molecule has 1 atom stereocenters. The summed E-state index contributed by atoms with van der Waals surface area (Å²) in [7, 11) is 0. The number of hydrogen-bond acceptors (Lipinski definition) is 4. The fraction of sp³-hybridized carbons (Fsp3) is 0.407. The van der Waals surface area contributed by atoms with Crippen LogP contribution in [-0.2, 0) is 14.3 Å². The Morgan fingerprint density at radius 1 is 1.00 bits per heavy atom. The zero-order valence-electron chi connectivity index (χ0n) is 19.4. The Hall–Kier alpha value is -3.03. The molecule has 2 fully saturated rings. The van der Waals surface area contributed by atoms with Crippen LogP contribution in [0.2, 0.25) is 0 Å². The lowest BCUT2D eigenvalue weighted by Gasteiger charge is -2.35. The minimum Gasteiger partial charge on any atom is -0.379 e. The number of amides is 2. The standard InChI is InChI=1S/C27H32FN3O3/c28-24-9-7-22(8-10-24)25(30-16-18-34-19-17-30)20-29-27(33)23-12-14-31(15-13-23)26(32)11-6-21-4-2-1-3-5-21/h1-11,23,25H,12-20H2,(H,29,33)/b11-6+. The zero-order chi connectivity index (χ0) is 23.8. The van der Waals surface area contributed by atoms with E-state index in [9.17, 15) is 14.0 Å². The molecular weight excluding hydrogens is 433 g/mol. The maximum absolute atomic E-state index is 13.4. The van der Waals surface area contributed by atoms with Gasteiger partial charge in [0.15, 0.2) is 0 Å². The van der Waals surface area contributed by atoms with Gasteiger partial charge in [-0.15, -0.1) is 0 Å². The quantitative estimate of drug-likeness (QED) is 0.638. The molecule has 0 aromatic heterocycles. The van der Waals surface area contributed by atoms with Gasteiger partial charge >= 0.3 is 0 Å². The zero-order valence-corrected chi connectivity index (χ0v) is 19.4. The number of halogens is 1. The number of nitrogens with one attached hydrogen (secondary N) is 1. The molecule has 4 rings (SSSR count). The van der Waals surface area contributed by atoms with E-state index in [-0.39, 0.29) is 29.6 Å². The number of piperidine rings is 1.